The number of nitrogen functional groups attached to an aromatic ring is 1. The summed E-state index contributed by atoms with van der Waals surface area (Å²) in [5.74, 6) is 1.61. The Morgan fingerprint density at radius 2 is 1.68 bits per heavy atom. The van der Waals surface area contributed by atoms with Gasteiger partial charge in [-0.05, 0) is 30.3 Å². The van der Waals surface area contributed by atoms with Crippen LogP contribution in [0.2, 0.25) is 5.02 Å². The maximum absolute atomic E-state index is 10.3. The fraction of sp³-hybridized carbons (Fsp3) is 0.250. The number of hydrogen-bond acceptors (Lipinski definition) is 5. The average molecular weight is 324 g/mol. The van der Waals surface area contributed by atoms with Crippen molar-refractivity contribution in [1.82, 2.24) is 0 Å². The second-order valence-corrected chi connectivity index (χ2v) is 5.03. The minimum atomic E-state index is -0.898. The predicted octanol–water partition coefficient (Wildman–Crippen LogP) is 3.05. The van der Waals surface area contributed by atoms with Crippen molar-refractivity contribution in [2.75, 3.05) is 26.6 Å². The molecule has 2 aromatic rings. The van der Waals surface area contributed by atoms with Gasteiger partial charge in [0.05, 0.1) is 19.2 Å². The van der Waals surface area contributed by atoms with Crippen molar-refractivity contribution in [3.63, 3.8) is 0 Å². The van der Waals surface area contributed by atoms with Crippen LogP contribution in [0.4, 0.5) is 5.69 Å². The molecule has 0 aromatic heterocycles. The summed E-state index contributed by atoms with van der Waals surface area (Å²) >= 11 is 6.17. The average Bonchev–Trinajstić information content (AvgIpc) is 2.53. The molecular formula is C16H18ClNO4. The molecule has 0 bridgehead atoms. The standard InChI is InChI=1S/C16H18ClNO4/c1-20-15-7-12(13(17)8-16(15)21-2)14(19)9-22-11-5-3-10(18)4-6-11/h3-8,14,19H,9,18H2,1-2H3. The monoisotopic (exact) mass is 323 g/mol. The fourth-order valence-electron chi connectivity index (χ4n) is 1.95. The van der Waals surface area contributed by atoms with Gasteiger partial charge in [0.1, 0.15) is 18.5 Å². The summed E-state index contributed by atoms with van der Waals surface area (Å²) in [4.78, 5) is 0. The quantitative estimate of drug-likeness (QED) is 0.799. The van der Waals surface area contributed by atoms with Gasteiger partial charge in [-0.2, -0.15) is 0 Å². The first kappa shape index (κ1) is 16.3. The highest BCUT2D eigenvalue weighted by molar-refractivity contribution is 6.31. The Labute approximate surface area is 134 Å². The first-order chi connectivity index (χ1) is 10.5. The molecule has 0 aliphatic rings. The minimum absolute atomic E-state index is 0.0547. The van der Waals surface area contributed by atoms with E-state index in [4.69, 9.17) is 31.5 Å². The summed E-state index contributed by atoms with van der Waals surface area (Å²) in [7, 11) is 3.04. The third kappa shape index (κ3) is 3.75. The SMILES string of the molecule is COc1cc(Cl)c(C(O)COc2ccc(N)cc2)cc1OC. The van der Waals surface area contributed by atoms with E-state index in [2.05, 4.69) is 0 Å². The van der Waals surface area contributed by atoms with Crippen molar-refractivity contribution in [2.45, 2.75) is 6.10 Å². The van der Waals surface area contributed by atoms with Crippen LogP contribution in [-0.2, 0) is 0 Å². The lowest BCUT2D eigenvalue weighted by Gasteiger charge is -2.16. The number of methoxy groups -OCH3 is 2. The van der Waals surface area contributed by atoms with E-state index < -0.39 is 6.10 Å². The number of benzene rings is 2. The number of halogens is 1. The molecule has 2 aromatic carbocycles. The Kier molecular flexibility index (Phi) is 5.35. The van der Waals surface area contributed by atoms with Gasteiger partial charge in [0.2, 0.25) is 0 Å². The highest BCUT2D eigenvalue weighted by atomic mass is 35.5. The zero-order valence-corrected chi connectivity index (χ0v) is 13.1. The van der Waals surface area contributed by atoms with Crippen molar-refractivity contribution in [2.24, 2.45) is 0 Å². The lowest BCUT2D eigenvalue weighted by Crippen LogP contribution is -2.10. The second-order valence-electron chi connectivity index (χ2n) is 4.62. The summed E-state index contributed by atoms with van der Waals surface area (Å²) in [5.41, 5.74) is 6.76. The molecule has 0 heterocycles. The predicted molar refractivity (Wildman–Crippen MR) is 85.9 cm³/mol. The van der Waals surface area contributed by atoms with Crippen molar-refractivity contribution < 1.29 is 19.3 Å². The number of nitrogens with two attached hydrogens (primary N) is 1. The van der Waals surface area contributed by atoms with Gasteiger partial charge >= 0.3 is 0 Å². The van der Waals surface area contributed by atoms with E-state index in [1.54, 1.807) is 36.4 Å². The molecule has 0 spiro atoms. The maximum Gasteiger partial charge on any atom is 0.162 e. The van der Waals surface area contributed by atoms with Gasteiger partial charge in [-0.3, -0.25) is 0 Å². The number of rotatable bonds is 6. The second kappa shape index (κ2) is 7.24. The van der Waals surface area contributed by atoms with Crippen LogP contribution < -0.4 is 19.9 Å². The van der Waals surface area contributed by atoms with Gasteiger partial charge in [-0.1, -0.05) is 11.6 Å². The minimum Gasteiger partial charge on any atom is -0.493 e. The molecule has 0 aliphatic heterocycles. The zero-order chi connectivity index (χ0) is 16.1. The van der Waals surface area contributed by atoms with Crippen molar-refractivity contribution in [3.05, 3.63) is 47.0 Å². The number of aliphatic hydroxyl groups excluding tert-OH is 1. The van der Waals surface area contributed by atoms with Gasteiger partial charge in [0.15, 0.2) is 11.5 Å². The molecule has 3 N–H and O–H groups in total. The van der Waals surface area contributed by atoms with Gasteiger partial charge in [-0.15, -0.1) is 0 Å². The molecule has 6 heteroatoms. The Balaban J connectivity index is 2.11. The van der Waals surface area contributed by atoms with E-state index in [-0.39, 0.29) is 6.61 Å². The van der Waals surface area contributed by atoms with Crippen LogP contribution in [0.3, 0.4) is 0 Å². The van der Waals surface area contributed by atoms with Gasteiger partial charge in [0.25, 0.3) is 0 Å². The Morgan fingerprint density at radius 1 is 1.09 bits per heavy atom. The number of ether oxygens (including phenoxy) is 3. The van der Waals surface area contributed by atoms with Crippen LogP contribution in [0, 0.1) is 0 Å². The zero-order valence-electron chi connectivity index (χ0n) is 12.4. The lowest BCUT2D eigenvalue weighted by molar-refractivity contribution is 0.108. The molecular weight excluding hydrogens is 306 g/mol. The smallest absolute Gasteiger partial charge is 0.162 e. The van der Waals surface area contributed by atoms with E-state index >= 15 is 0 Å². The lowest BCUT2D eigenvalue weighted by atomic mass is 10.1. The molecule has 2 rings (SSSR count). The molecule has 1 atom stereocenters. The topological polar surface area (TPSA) is 73.9 Å². The third-order valence-corrected chi connectivity index (χ3v) is 3.48. The molecule has 0 radical (unpaired) electrons. The summed E-state index contributed by atoms with van der Waals surface area (Å²) in [6, 6.07) is 10.2. The molecule has 0 saturated carbocycles. The van der Waals surface area contributed by atoms with Gasteiger partial charge in [0, 0.05) is 17.3 Å². The van der Waals surface area contributed by atoms with Crippen LogP contribution in [0.5, 0.6) is 17.2 Å². The molecule has 1 unspecified atom stereocenters. The summed E-state index contributed by atoms with van der Waals surface area (Å²) in [6.45, 7) is 0.0547. The Bertz CT molecular complexity index is 631. The number of hydrogen-bond donors (Lipinski definition) is 2. The number of anilines is 1. The molecule has 0 saturated heterocycles. The molecule has 22 heavy (non-hydrogen) atoms. The Morgan fingerprint density at radius 3 is 2.27 bits per heavy atom. The van der Waals surface area contributed by atoms with E-state index in [1.807, 2.05) is 0 Å². The van der Waals surface area contributed by atoms with Crippen molar-refractivity contribution in [1.29, 1.82) is 0 Å². The molecule has 0 amide bonds. The van der Waals surface area contributed by atoms with Crippen LogP contribution in [0.25, 0.3) is 0 Å². The maximum atomic E-state index is 10.3. The van der Waals surface area contributed by atoms with Crippen molar-refractivity contribution >= 4 is 17.3 Å². The summed E-state index contributed by atoms with van der Waals surface area (Å²) < 4.78 is 15.9. The van der Waals surface area contributed by atoms with Crippen LogP contribution in [0.1, 0.15) is 11.7 Å². The number of aliphatic hydroxyl groups is 1. The summed E-state index contributed by atoms with van der Waals surface area (Å²) in [5, 5.41) is 10.7. The molecule has 5 nitrogen and oxygen atoms in total. The molecule has 118 valence electrons. The first-order valence-electron chi connectivity index (χ1n) is 6.63. The normalized spacial score (nSPS) is 11.8. The highest BCUT2D eigenvalue weighted by Crippen LogP contribution is 2.36. The van der Waals surface area contributed by atoms with Crippen molar-refractivity contribution in [3.8, 4) is 17.2 Å². The Hall–Kier alpha value is -2.11. The van der Waals surface area contributed by atoms with Crippen LogP contribution in [0.15, 0.2) is 36.4 Å². The van der Waals surface area contributed by atoms with Gasteiger partial charge < -0.3 is 25.1 Å². The van der Waals surface area contributed by atoms with E-state index in [9.17, 15) is 5.11 Å². The van der Waals surface area contributed by atoms with Crippen LogP contribution in [-0.4, -0.2) is 25.9 Å². The third-order valence-electron chi connectivity index (χ3n) is 3.15. The first-order valence-corrected chi connectivity index (χ1v) is 7.00. The fourth-order valence-corrected chi connectivity index (χ4v) is 2.23. The summed E-state index contributed by atoms with van der Waals surface area (Å²) in [6.07, 6.45) is -0.898. The van der Waals surface area contributed by atoms with Crippen LogP contribution >= 0.6 is 11.6 Å². The van der Waals surface area contributed by atoms with Gasteiger partial charge in [-0.25, -0.2) is 0 Å². The van der Waals surface area contributed by atoms with E-state index in [1.165, 1.54) is 14.2 Å². The van der Waals surface area contributed by atoms with E-state index in [0.29, 0.717) is 33.5 Å². The largest absolute Gasteiger partial charge is 0.493 e. The molecule has 0 fully saturated rings. The van der Waals surface area contributed by atoms with E-state index in [0.717, 1.165) is 0 Å². The highest BCUT2D eigenvalue weighted by Gasteiger charge is 2.17. The molecule has 0 aliphatic carbocycles.